The van der Waals surface area contributed by atoms with Gasteiger partial charge in [0.15, 0.2) is 0 Å². The fourth-order valence-electron chi connectivity index (χ4n) is 4.49. The molecule has 2 heterocycles. The number of ether oxygens (including phenoxy) is 2. The van der Waals surface area contributed by atoms with Crippen LogP contribution in [0.1, 0.15) is 25.7 Å². The van der Waals surface area contributed by atoms with Crippen molar-refractivity contribution in [3.05, 3.63) is 34.4 Å². The van der Waals surface area contributed by atoms with Crippen LogP contribution >= 0.6 is 0 Å². The highest BCUT2D eigenvalue weighted by atomic mass is 16.6. The number of rotatable bonds is 14. The van der Waals surface area contributed by atoms with E-state index < -0.39 is 0 Å². The molecule has 1 saturated carbocycles. The summed E-state index contributed by atoms with van der Waals surface area (Å²) in [6, 6.07) is 7.08. The number of nitrogens with two attached hydrogens (primary N) is 1. The lowest BCUT2D eigenvalue weighted by molar-refractivity contribution is -0.384. The first kappa shape index (κ1) is 26.8. The molecule has 1 aliphatic heterocycles. The Balaban J connectivity index is 1.34. The average Bonchev–Trinajstić information content (AvgIpc) is 3.43. The molecule has 2 aromatic rings. The zero-order valence-corrected chi connectivity index (χ0v) is 21.2. The summed E-state index contributed by atoms with van der Waals surface area (Å²) in [5, 5.41) is 17.7. The molecule has 13 heteroatoms. The first-order chi connectivity index (χ1) is 18.1. The molecule has 1 saturated heterocycles. The van der Waals surface area contributed by atoms with E-state index in [-0.39, 0.29) is 10.6 Å². The standard InChI is InChI=1S/C24H37N9O4/c25-9-15-36-17-18-37-16-10-26-22-28-23(27-19-3-1-2-4-19)30-24(29-22)32-13-11-31(12-14-32)20-5-7-21(8-6-20)33(34)35/h5-8,19H,1-4,9-18,25H2,(H2,26,27,28,29,30). The van der Waals surface area contributed by atoms with Crippen LogP contribution in [0.3, 0.4) is 0 Å². The molecule has 0 amide bonds. The highest BCUT2D eigenvalue weighted by molar-refractivity contribution is 5.53. The molecule has 4 rings (SSSR count). The summed E-state index contributed by atoms with van der Waals surface area (Å²) >= 11 is 0. The van der Waals surface area contributed by atoms with E-state index in [9.17, 15) is 10.1 Å². The second-order valence-corrected chi connectivity index (χ2v) is 9.10. The fourth-order valence-corrected chi connectivity index (χ4v) is 4.49. The van der Waals surface area contributed by atoms with Gasteiger partial charge in [0.25, 0.3) is 5.69 Å². The number of aromatic nitrogens is 3. The van der Waals surface area contributed by atoms with Gasteiger partial charge in [0.1, 0.15) is 0 Å². The summed E-state index contributed by atoms with van der Waals surface area (Å²) in [6.45, 7) is 6.14. The van der Waals surface area contributed by atoms with Crippen LogP contribution in [0.5, 0.6) is 0 Å². The number of non-ortho nitro benzene ring substituents is 1. The van der Waals surface area contributed by atoms with E-state index in [1.165, 1.54) is 12.8 Å². The lowest BCUT2D eigenvalue weighted by Crippen LogP contribution is -2.47. The Labute approximate surface area is 216 Å². The lowest BCUT2D eigenvalue weighted by Gasteiger charge is -2.36. The third-order valence-corrected chi connectivity index (χ3v) is 6.46. The van der Waals surface area contributed by atoms with Crippen molar-refractivity contribution in [2.45, 2.75) is 31.7 Å². The fraction of sp³-hybridized carbons (Fsp3) is 0.625. The minimum atomic E-state index is -0.380. The van der Waals surface area contributed by atoms with E-state index in [2.05, 4.69) is 30.4 Å². The van der Waals surface area contributed by atoms with E-state index >= 15 is 0 Å². The monoisotopic (exact) mass is 515 g/mol. The second-order valence-electron chi connectivity index (χ2n) is 9.10. The summed E-state index contributed by atoms with van der Waals surface area (Å²) in [5.41, 5.74) is 6.48. The molecule has 13 nitrogen and oxygen atoms in total. The largest absolute Gasteiger partial charge is 0.378 e. The van der Waals surface area contributed by atoms with Crippen molar-refractivity contribution in [2.24, 2.45) is 5.73 Å². The van der Waals surface area contributed by atoms with Crippen LogP contribution in [0.4, 0.5) is 29.2 Å². The molecule has 0 spiro atoms. The van der Waals surface area contributed by atoms with Crippen LogP contribution in [0.2, 0.25) is 0 Å². The van der Waals surface area contributed by atoms with Gasteiger partial charge in [-0.25, -0.2) is 0 Å². The van der Waals surface area contributed by atoms with Crippen LogP contribution in [-0.4, -0.2) is 91.6 Å². The van der Waals surface area contributed by atoms with Crippen molar-refractivity contribution >= 4 is 29.2 Å². The van der Waals surface area contributed by atoms with Gasteiger partial charge in [0.05, 0.1) is 31.4 Å². The van der Waals surface area contributed by atoms with Gasteiger partial charge in [-0.1, -0.05) is 12.8 Å². The first-order valence-corrected chi connectivity index (χ1v) is 13.0. The predicted molar refractivity (Wildman–Crippen MR) is 142 cm³/mol. The SMILES string of the molecule is NCCOCCOCCNc1nc(NC2CCCC2)nc(N2CCN(c3ccc([N+](=O)[O-])cc3)CC2)n1. The number of anilines is 4. The van der Waals surface area contributed by atoms with E-state index in [0.29, 0.717) is 63.4 Å². The summed E-state index contributed by atoms with van der Waals surface area (Å²) in [7, 11) is 0. The number of piperazine rings is 1. The minimum Gasteiger partial charge on any atom is -0.378 e. The molecule has 4 N–H and O–H groups in total. The number of nitro benzene ring substituents is 1. The molecule has 1 aromatic carbocycles. The van der Waals surface area contributed by atoms with Crippen molar-refractivity contribution in [3.8, 4) is 0 Å². The number of nitrogens with one attached hydrogen (secondary N) is 2. The van der Waals surface area contributed by atoms with Gasteiger partial charge >= 0.3 is 0 Å². The number of nitrogens with zero attached hydrogens (tertiary/aromatic N) is 6. The maximum absolute atomic E-state index is 10.9. The third-order valence-electron chi connectivity index (χ3n) is 6.46. The Morgan fingerprint density at radius 1 is 0.919 bits per heavy atom. The topological polar surface area (TPSA) is 157 Å². The zero-order valence-electron chi connectivity index (χ0n) is 21.2. The minimum absolute atomic E-state index is 0.0974. The quantitative estimate of drug-likeness (QED) is 0.191. The smallest absolute Gasteiger partial charge is 0.269 e. The molecule has 37 heavy (non-hydrogen) atoms. The molecule has 1 aliphatic carbocycles. The highest BCUT2D eigenvalue weighted by Gasteiger charge is 2.22. The lowest BCUT2D eigenvalue weighted by atomic mass is 10.2. The highest BCUT2D eigenvalue weighted by Crippen LogP contribution is 2.24. The molecule has 2 aliphatic rings. The van der Waals surface area contributed by atoms with Crippen LogP contribution in [0.25, 0.3) is 0 Å². The number of nitro groups is 1. The Morgan fingerprint density at radius 3 is 2.24 bits per heavy atom. The van der Waals surface area contributed by atoms with Gasteiger partial charge in [-0.15, -0.1) is 0 Å². The Hall–Kier alpha value is -3.29. The number of benzene rings is 1. The Bertz CT molecular complexity index is 981. The van der Waals surface area contributed by atoms with E-state index in [0.717, 1.165) is 44.7 Å². The molecule has 0 atom stereocenters. The maximum Gasteiger partial charge on any atom is 0.269 e. The van der Waals surface area contributed by atoms with Gasteiger partial charge in [0, 0.05) is 63.1 Å². The predicted octanol–water partition coefficient (Wildman–Crippen LogP) is 1.86. The first-order valence-electron chi connectivity index (χ1n) is 13.0. The van der Waals surface area contributed by atoms with Crippen molar-refractivity contribution in [2.75, 3.05) is 86.1 Å². The van der Waals surface area contributed by atoms with Gasteiger partial charge in [-0.2, -0.15) is 15.0 Å². The Morgan fingerprint density at radius 2 is 1.57 bits per heavy atom. The molecular weight excluding hydrogens is 478 g/mol. The summed E-state index contributed by atoms with van der Waals surface area (Å²) in [5.74, 6) is 1.75. The molecule has 0 bridgehead atoms. The van der Waals surface area contributed by atoms with Gasteiger partial charge in [0.2, 0.25) is 17.8 Å². The Kier molecular flexibility index (Phi) is 10.0. The molecule has 202 valence electrons. The van der Waals surface area contributed by atoms with Gasteiger partial charge < -0.3 is 35.6 Å². The second kappa shape index (κ2) is 13.9. The summed E-state index contributed by atoms with van der Waals surface area (Å²) in [4.78, 5) is 29.0. The number of hydrogen-bond donors (Lipinski definition) is 3. The van der Waals surface area contributed by atoms with Crippen LogP contribution in [-0.2, 0) is 9.47 Å². The van der Waals surface area contributed by atoms with Gasteiger partial charge in [-0.3, -0.25) is 10.1 Å². The van der Waals surface area contributed by atoms with Crippen LogP contribution < -0.4 is 26.2 Å². The average molecular weight is 516 g/mol. The summed E-state index contributed by atoms with van der Waals surface area (Å²) in [6.07, 6.45) is 4.69. The van der Waals surface area contributed by atoms with Crippen molar-refractivity contribution in [1.29, 1.82) is 0 Å². The molecule has 2 fully saturated rings. The van der Waals surface area contributed by atoms with Crippen molar-refractivity contribution in [1.82, 2.24) is 15.0 Å². The number of hydrogen-bond acceptors (Lipinski definition) is 12. The zero-order chi connectivity index (χ0) is 25.9. The molecular formula is C24H37N9O4. The van der Waals surface area contributed by atoms with Crippen molar-refractivity contribution < 1.29 is 14.4 Å². The van der Waals surface area contributed by atoms with Gasteiger partial charge in [-0.05, 0) is 25.0 Å². The van der Waals surface area contributed by atoms with E-state index in [1.807, 2.05) is 0 Å². The van der Waals surface area contributed by atoms with Crippen LogP contribution in [0.15, 0.2) is 24.3 Å². The molecule has 0 radical (unpaired) electrons. The van der Waals surface area contributed by atoms with Crippen LogP contribution in [0, 0.1) is 10.1 Å². The van der Waals surface area contributed by atoms with E-state index in [1.54, 1.807) is 24.3 Å². The maximum atomic E-state index is 10.9. The van der Waals surface area contributed by atoms with E-state index in [4.69, 9.17) is 20.2 Å². The summed E-state index contributed by atoms with van der Waals surface area (Å²) < 4.78 is 10.9. The third kappa shape index (κ3) is 8.10. The van der Waals surface area contributed by atoms with Crippen molar-refractivity contribution in [3.63, 3.8) is 0 Å². The molecule has 1 aromatic heterocycles. The molecule has 0 unspecified atom stereocenters. The normalized spacial score (nSPS) is 16.2.